The lowest BCUT2D eigenvalue weighted by Gasteiger charge is -2.00. The van der Waals surface area contributed by atoms with E-state index in [1.807, 2.05) is 0 Å². The van der Waals surface area contributed by atoms with Crippen molar-refractivity contribution in [3.63, 3.8) is 0 Å². The van der Waals surface area contributed by atoms with Crippen LogP contribution >= 0.6 is 0 Å². The number of phenolic OH excluding ortho intramolecular Hbond substituents is 1. The van der Waals surface area contributed by atoms with Crippen molar-refractivity contribution in [3.8, 4) is 5.75 Å². The highest BCUT2D eigenvalue weighted by molar-refractivity contribution is 5.94. The first-order valence-electron chi connectivity index (χ1n) is 5.79. The van der Waals surface area contributed by atoms with Crippen LogP contribution in [0.1, 0.15) is 15.9 Å². The van der Waals surface area contributed by atoms with Gasteiger partial charge in [0.1, 0.15) is 0 Å². The maximum atomic E-state index is 11.7. The number of nitrogens with one attached hydrogen (secondary N) is 1. The number of benzene rings is 1. The van der Waals surface area contributed by atoms with E-state index < -0.39 is 22.3 Å². The summed E-state index contributed by atoms with van der Waals surface area (Å²) in [5.41, 5.74) is 2.24. The highest BCUT2D eigenvalue weighted by Crippen LogP contribution is 2.27. The monoisotopic (exact) mass is 286 g/mol. The van der Waals surface area contributed by atoms with Gasteiger partial charge in [-0.25, -0.2) is 5.43 Å². The fourth-order valence-electron chi connectivity index (χ4n) is 1.52. The molecule has 106 valence electrons. The molecule has 1 heterocycles. The van der Waals surface area contributed by atoms with Gasteiger partial charge in [-0.2, -0.15) is 5.10 Å². The molecule has 0 aliphatic carbocycles. The average molecular weight is 286 g/mol. The number of carbonyl (C=O) groups is 1. The molecule has 1 aromatic carbocycles. The molecule has 0 saturated heterocycles. The van der Waals surface area contributed by atoms with E-state index in [0.717, 1.165) is 6.21 Å². The minimum absolute atomic E-state index is 0.121. The highest BCUT2D eigenvalue weighted by Gasteiger charge is 2.15. The van der Waals surface area contributed by atoms with Crippen LogP contribution in [-0.2, 0) is 0 Å². The van der Waals surface area contributed by atoms with E-state index in [0.29, 0.717) is 5.56 Å². The minimum atomic E-state index is -0.707. The fourth-order valence-corrected chi connectivity index (χ4v) is 1.52. The number of hydrogen-bond donors (Lipinski definition) is 2. The summed E-state index contributed by atoms with van der Waals surface area (Å²) in [7, 11) is 0. The van der Waals surface area contributed by atoms with Gasteiger partial charge in [-0.1, -0.05) is 6.07 Å². The summed E-state index contributed by atoms with van der Waals surface area (Å²) in [6.45, 7) is 0. The summed E-state index contributed by atoms with van der Waals surface area (Å²) >= 11 is 0. The first-order valence-corrected chi connectivity index (χ1v) is 5.79. The maximum absolute atomic E-state index is 11.7. The number of phenols is 1. The zero-order valence-electron chi connectivity index (χ0n) is 10.6. The number of amides is 1. The number of carbonyl (C=O) groups excluding carboxylic acids is 1. The van der Waals surface area contributed by atoms with Gasteiger partial charge >= 0.3 is 5.69 Å². The molecule has 0 radical (unpaired) electrons. The second kappa shape index (κ2) is 6.24. The SMILES string of the molecule is O=C(N/N=C/c1cccc([N+](=O)[O-])c1O)c1cccnc1. The van der Waals surface area contributed by atoms with Crippen LogP contribution in [-0.4, -0.2) is 27.1 Å². The molecular formula is C13H10N4O4. The molecule has 0 atom stereocenters. The Kier molecular flexibility index (Phi) is 4.20. The average Bonchev–Trinajstić information content (AvgIpc) is 2.49. The van der Waals surface area contributed by atoms with Crippen LogP contribution in [0.3, 0.4) is 0 Å². The molecule has 0 spiro atoms. The van der Waals surface area contributed by atoms with Crippen molar-refractivity contribution in [1.29, 1.82) is 0 Å². The third kappa shape index (κ3) is 3.38. The first kappa shape index (κ1) is 14.1. The number of hydrogen-bond acceptors (Lipinski definition) is 6. The molecule has 8 nitrogen and oxygen atoms in total. The van der Waals surface area contributed by atoms with Crippen molar-refractivity contribution in [2.45, 2.75) is 0 Å². The molecule has 21 heavy (non-hydrogen) atoms. The highest BCUT2D eigenvalue weighted by atomic mass is 16.6. The topological polar surface area (TPSA) is 118 Å². The van der Waals surface area contributed by atoms with E-state index in [2.05, 4.69) is 15.5 Å². The summed E-state index contributed by atoms with van der Waals surface area (Å²) in [5, 5.41) is 24.0. The van der Waals surface area contributed by atoms with Crippen molar-refractivity contribution in [1.82, 2.24) is 10.4 Å². The van der Waals surface area contributed by atoms with Gasteiger partial charge in [0.2, 0.25) is 5.75 Å². The zero-order chi connectivity index (χ0) is 15.2. The number of nitro benzene ring substituents is 1. The van der Waals surface area contributed by atoms with Crippen molar-refractivity contribution in [2.24, 2.45) is 5.10 Å². The van der Waals surface area contributed by atoms with Gasteiger partial charge < -0.3 is 5.11 Å². The van der Waals surface area contributed by atoms with Crippen molar-refractivity contribution in [3.05, 3.63) is 64.0 Å². The van der Waals surface area contributed by atoms with E-state index in [9.17, 15) is 20.0 Å². The summed E-state index contributed by atoms with van der Waals surface area (Å²) in [6.07, 6.45) is 4.02. The molecule has 2 aromatic rings. The maximum Gasteiger partial charge on any atom is 0.311 e. The van der Waals surface area contributed by atoms with Crippen molar-refractivity contribution >= 4 is 17.8 Å². The smallest absolute Gasteiger partial charge is 0.311 e. The molecule has 0 bridgehead atoms. The minimum Gasteiger partial charge on any atom is -0.502 e. The van der Waals surface area contributed by atoms with Crippen LogP contribution in [0.5, 0.6) is 5.75 Å². The van der Waals surface area contributed by atoms with E-state index in [4.69, 9.17) is 0 Å². The Morgan fingerprint density at radius 3 is 2.86 bits per heavy atom. The molecule has 2 N–H and O–H groups in total. The van der Waals surface area contributed by atoms with E-state index in [-0.39, 0.29) is 5.56 Å². The summed E-state index contributed by atoms with van der Waals surface area (Å²) < 4.78 is 0. The van der Waals surface area contributed by atoms with E-state index in [1.165, 1.54) is 30.6 Å². The largest absolute Gasteiger partial charge is 0.502 e. The van der Waals surface area contributed by atoms with Crippen LogP contribution in [0.15, 0.2) is 47.8 Å². The first-order chi connectivity index (χ1) is 10.1. The molecule has 0 aliphatic heterocycles. The Morgan fingerprint density at radius 2 is 2.19 bits per heavy atom. The summed E-state index contributed by atoms with van der Waals surface area (Å²) in [6, 6.07) is 7.17. The third-order valence-electron chi connectivity index (χ3n) is 2.54. The Hall–Kier alpha value is -3.29. The predicted molar refractivity (Wildman–Crippen MR) is 74.1 cm³/mol. The molecule has 1 amide bonds. The molecule has 0 fully saturated rings. The van der Waals surface area contributed by atoms with Crippen molar-refractivity contribution in [2.75, 3.05) is 0 Å². The Balaban J connectivity index is 2.10. The second-order valence-corrected chi connectivity index (χ2v) is 3.91. The van der Waals surface area contributed by atoms with Gasteiger partial charge in [-0.05, 0) is 18.2 Å². The predicted octanol–water partition coefficient (Wildman–Crippen LogP) is 1.46. The van der Waals surface area contributed by atoms with Crippen LogP contribution in [0.4, 0.5) is 5.69 Å². The van der Waals surface area contributed by atoms with Crippen LogP contribution in [0.2, 0.25) is 0 Å². The number of nitrogens with zero attached hydrogens (tertiary/aromatic N) is 3. The number of aromatic nitrogens is 1. The molecule has 0 saturated carbocycles. The molecule has 8 heteroatoms. The van der Waals surface area contributed by atoms with Gasteiger partial charge in [0.05, 0.1) is 16.7 Å². The molecular weight excluding hydrogens is 276 g/mol. The van der Waals surface area contributed by atoms with E-state index in [1.54, 1.807) is 12.1 Å². The molecule has 2 rings (SSSR count). The van der Waals surface area contributed by atoms with Crippen molar-refractivity contribution < 1.29 is 14.8 Å². The molecule has 0 unspecified atom stereocenters. The Bertz CT molecular complexity index is 701. The van der Waals surface area contributed by atoms with Crippen LogP contribution in [0.25, 0.3) is 0 Å². The lowest BCUT2D eigenvalue weighted by atomic mass is 10.2. The zero-order valence-corrected chi connectivity index (χ0v) is 10.6. The molecule has 1 aromatic heterocycles. The number of rotatable bonds is 4. The van der Waals surface area contributed by atoms with Crippen LogP contribution < -0.4 is 5.43 Å². The van der Waals surface area contributed by atoms with Gasteiger partial charge in [0.25, 0.3) is 5.91 Å². The lowest BCUT2D eigenvalue weighted by molar-refractivity contribution is -0.385. The Morgan fingerprint density at radius 1 is 1.38 bits per heavy atom. The number of pyridine rings is 1. The molecule has 0 aliphatic rings. The quantitative estimate of drug-likeness (QED) is 0.501. The van der Waals surface area contributed by atoms with Crippen LogP contribution in [0, 0.1) is 10.1 Å². The normalized spacial score (nSPS) is 10.5. The van der Waals surface area contributed by atoms with E-state index >= 15 is 0 Å². The number of nitro groups is 1. The van der Waals surface area contributed by atoms with Gasteiger partial charge in [-0.3, -0.25) is 19.9 Å². The Labute approximate surface area is 118 Å². The standard InChI is InChI=1S/C13H10N4O4/c18-12-9(3-1-5-11(12)17(20)21)8-15-16-13(19)10-4-2-6-14-7-10/h1-8,18H,(H,16,19)/b15-8+. The van der Waals surface area contributed by atoms with Gasteiger partial charge in [0.15, 0.2) is 0 Å². The number of hydrazone groups is 1. The lowest BCUT2D eigenvalue weighted by Crippen LogP contribution is -2.17. The summed E-state index contributed by atoms with van der Waals surface area (Å²) in [5.74, 6) is -0.994. The second-order valence-electron chi connectivity index (χ2n) is 3.91. The fraction of sp³-hybridized carbons (Fsp3) is 0. The van der Waals surface area contributed by atoms with Gasteiger partial charge in [-0.15, -0.1) is 0 Å². The number of para-hydroxylation sites is 1. The summed E-state index contributed by atoms with van der Waals surface area (Å²) in [4.78, 5) is 25.4. The number of aromatic hydroxyl groups is 1. The third-order valence-corrected chi connectivity index (χ3v) is 2.54. The van der Waals surface area contributed by atoms with Gasteiger partial charge in [0, 0.05) is 24.0 Å².